The molecule has 88 valence electrons. The number of Topliss-reactive ketones (excluding diaryl/α,β-unsaturated/α-hetero) is 1. The predicted octanol–water partition coefficient (Wildman–Crippen LogP) is 3.20. The zero-order valence-corrected chi connectivity index (χ0v) is 10.5. The second kappa shape index (κ2) is 5.11. The molecule has 2 unspecified atom stereocenters. The lowest BCUT2D eigenvalue weighted by Crippen LogP contribution is -2.53. The molecule has 2 nitrogen and oxygen atoms in total. The Labute approximate surface area is 93.4 Å². The molecule has 0 aromatic rings. The summed E-state index contributed by atoms with van der Waals surface area (Å²) in [5, 5.41) is 0. The normalized spacial score (nSPS) is 30.7. The summed E-state index contributed by atoms with van der Waals surface area (Å²) >= 11 is 0. The van der Waals surface area contributed by atoms with Crippen molar-refractivity contribution in [1.29, 1.82) is 0 Å². The standard InChI is InChI=1S/C13H24O2/c1-5-13(4)11(14)9-12(13)15-8-6-7-10(2)3/h10,12H,5-9H2,1-4H3. The van der Waals surface area contributed by atoms with Gasteiger partial charge >= 0.3 is 0 Å². The minimum Gasteiger partial charge on any atom is -0.377 e. The van der Waals surface area contributed by atoms with Crippen LogP contribution in [0.2, 0.25) is 0 Å². The highest BCUT2D eigenvalue weighted by Crippen LogP contribution is 2.42. The largest absolute Gasteiger partial charge is 0.377 e. The van der Waals surface area contributed by atoms with E-state index in [0.717, 1.165) is 25.4 Å². The third kappa shape index (κ3) is 2.81. The van der Waals surface area contributed by atoms with E-state index in [-0.39, 0.29) is 11.5 Å². The third-order valence-corrected chi connectivity index (χ3v) is 3.70. The van der Waals surface area contributed by atoms with Crippen LogP contribution in [0.15, 0.2) is 0 Å². The molecule has 1 saturated carbocycles. The molecule has 0 aromatic heterocycles. The number of ether oxygens (including phenoxy) is 1. The highest BCUT2D eigenvalue weighted by atomic mass is 16.5. The number of rotatable bonds is 6. The van der Waals surface area contributed by atoms with E-state index in [4.69, 9.17) is 4.74 Å². The molecule has 0 radical (unpaired) electrons. The first-order valence-electron chi connectivity index (χ1n) is 6.15. The van der Waals surface area contributed by atoms with Gasteiger partial charge < -0.3 is 4.74 Å². The summed E-state index contributed by atoms with van der Waals surface area (Å²) in [4.78, 5) is 11.5. The minimum atomic E-state index is -0.183. The number of carbonyl (C=O) groups excluding carboxylic acids is 1. The molecule has 0 heterocycles. The van der Waals surface area contributed by atoms with Gasteiger partial charge in [0.15, 0.2) is 0 Å². The molecule has 0 aromatic carbocycles. The summed E-state index contributed by atoms with van der Waals surface area (Å²) in [6, 6.07) is 0. The van der Waals surface area contributed by atoms with Crippen LogP contribution in [0.5, 0.6) is 0 Å². The molecule has 0 amide bonds. The van der Waals surface area contributed by atoms with Gasteiger partial charge in [0.25, 0.3) is 0 Å². The van der Waals surface area contributed by atoms with E-state index in [1.807, 2.05) is 6.92 Å². The SMILES string of the molecule is CCC1(C)C(=O)CC1OCCCC(C)C. The zero-order valence-electron chi connectivity index (χ0n) is 10.5. The average Bonchev–Trinajstić information content (AvgIpc) is 2.20. The van der Waals surface area contributed by atoms with Crippen molar-refractivity contribution in [1.82, 2.24) is 0 Å². The molecule has 0 bridgehead atoms. The first kappa shape index (κ1) is 12.7. The van der Waals surface area contributed by atoms with Crippen LogP contribution in [0.25, 0.3) is 0 Å². The molecule has 1 aliphatic carbocycles. The summed E-state index contributed by atoms with van der Waals surface area (Å²) in [7, 11) is 0. The van der Waals surface area contributed by atoms with E-state index in [1.165, 1.54) is 6.42 Å². The summed E-state index contributed by atoms with van der Waals surface area (Å²) in [6.07, 6.45) is 4.04. The quantitative estimate of drug-likeness (QED) is 0.632. The van der Waals surface area contributed by atoms with E-state index in [2.05, 4.69) is 20.8 Å². The lowest BCUT2D eigenvalue weighted by atomic mass is 9.64. The molecule has 1 rings (SSSR count). The molecule has 2 atom stereocenters. The van der Waals surface area contributed by atoms with E-state index >= 15 is 0 Å². The number of hydrogen-bond acceptors (Lipinski definition) is 2. The topological polar surface area (TPSA) is 26.3 Å². The minimum absolute atomic E-state index is 0.183. The fourth-order valence-corrected chi connectivity index (χ4v) is 2.06. The van der Waals surface area contributed by atoms with Crippen LogP contribution in [0.4, 0.5) is 0 Å². The van der Waals surface area contributed by atoms with Gasteiger partial charge in [-0.2, -0.15) is 0 Å². The summed E-state index contributed by atoms with van der Waals surface area (Å²) in [5.41, 5.74) is -0.183. The summed E-state index contributed by atoms with van der Waals surface area (Å²) in [6.45, 7) is 9.37. The summed E-state index contributed by atoms with van der Waals surface area (Å²) in [5.74, 6) is 1.12. The Bertz CT molecular complexity index is 223. The van der Waals surface area contributed by atoms with Crippen LogP contribution in [-0.4, -0.2) is 18.5 Å². The fraction of sp³-hybridized carbons (Fsp3) is 0.923. The zero-order chi connectivity index (χ0) is 11.5. The Morgan fingerprint density at radius 1 is 1.53 bits per heavy atom. The van der Waals surface area contributed by atoms with Gasteiger partial charge in [-0.15, -0.1) is 0 Å². The van der Waals surface area contributed by atoms with Gasteiger partial charge in [-0.3, -0.25) is 4.79 Å². The van der Waals surface area contributed by atoms with Crippen molar-refractivity contribution in [3.8, 4) is 0 Å². The molecule has 1 fully saturated rings. The number of ketones is 1. The van der Waals surface area contributed by atoms with Crippen molar-refractivity contribution >= 4 is 5.78 Å². The predicted molar refractivity (Wildman–Crippen MR) is 61.8 cm³/mol. The molecule has 0 saturated heterocycles. The molecule has 0 N–H and O–H groups in total. The van der Waals surface area contributed by atoms with Crippen LogP contribution in [0.1, 0.15) is 53.4 Å². The smallest absolute Gasteiger partial charge is 0.143 e. The average molecular weight is 212 g/mol. The van der Waals surface area contributed by atoms with E-state index < -0.39 is 0 Å². The Balaban J connectivity index is 2.21. The lowest BCUT2D eigenvalue weighted by Gasteiger charge is -2.44. The highest BCUT2D eigenvalue weighted by molar-refractivity contribution is 5.91. The maximum atomic E-state index is 11.5. The number of carbonyl (C=O) groups is 1. The van der Waals surface area contributed by atoms with Crippen LogP contribution in [0, 0.1) is 11.3 Å². The van der Waals surface area contributed by atoms with Gasteiger partial charge in [0, 0.05) is 13.0 Å². The second-order valence-corrected chi connectivity index (χ2v) is 5.29. The van der Waals surface area contributed by atoms with Crippen LogP contribution < -0.4 is 0 Å². The van der Waals surface area contributed by atoms with E-state index in [1.54, 1.807) is 0 Å². The second-order valence-electron chi connectivity index (χ2n) is 5.29. The number of hydrogen-bond donors (Lipinski definition) is 0. The van der Waals surface area contributed by atoms with Crippen LogP contribution in [0.3, 0.4) is 0 Å². The van der Waals surface area contributed by atoms with Crippen molar-refractivity contribution < 1.29 is 9.53 Å². The fourth-order valence-electron chi connectivity index (χ4n) is 2.06. The van der Waals surface area contributed by atoms with Crippen molar-refractivity contribution in [3.05, 3.63) is 0 Å². The maximum Gasteiger partial charge on any atom is 0.143 e. The van der Waals surface area contributed by atoms with Crippen molar-refractivity contribution in [2.75, 3.05) is 6.61 Å². The molecule has 15 heavy (non-hydrogen) atoms. The van der Waals surface area contributed by atoms with E-state index in [9.17, 15) is 4.79 Å². The van der Waals surface area contributed by atoms with Gasteiger partial charge in [0.2, 0.25) is 0 Å². The lowest BCUT2D eigenvalue weighted by molar-refractivity contribution is -0.161. The van der Waals surface area contributed by atoms with Crippen LogP contribution >= 0.6 is 0 Å². The molecule has 0 aliphatic heterocycles. The third-order valence-electron chi connectivity index (χ3n) is 3.70. The Morgan fingerprint density at radius 2 is 2.20 bits per heavy atom. The van der Waals surface area contributed by atoms with Gasteiger partial charge in [0.1, 0.15) is 5.78 Å². The van der Waals surface area contributed by atoms with Gasteiger partial charge in [-0.05, 0) is 25.2 Å². The van der Waals surface area contributed by atoms with Crippen molar-refractivity contribution in [2.24, 2.45) is 11.3 Å². The Kier molecular flexibility index (Phi) is 4.32. The molecule has 1 aliphatic rings. The van der Waals surface area contributed by atoms with E-state index in [0.29, 0.717) is 12.2 Å². The Morgan fingerprint density at radius 3 is 2.67 bits per heavy atom. The molecule has 2 heteroatoms. The first-order chi connectivity index (χ1) is 7.00. The molecule has 0 spiro atoms. The monoisotopic (exact) mass is 212 g/mol. The molecular formula is C13H24O2. The van der Waals surface area contributed by atoms with Crippen molar-refractivity contribution in [3.63, 3.8) is 0 Å². The Hall–Kier alpha value is -0.370. The van der Waals surface area contributed by atoms with Crippen molar-refractivity contribution in [2.45, 2.75) is 59.5 Å². The maximum absolute atomic E-state index is 11.5. The van der Waals surface area contributed by atoms with Gasteiger partial charge in [0.05, 0.1) is 11.5 Å². The first-order valence-corrected chi connectivity index (χ1v) is 6.15. The van der Waals surface area contributed by atoms with Gasteiger partial charge in [-0.1, -0.05) is 27.7 Å². The highest BCUT2D eigenvalue weighted by Gasteiger charge is 2.50. The molecular weight excluding hydrogens is 188 g/mol. The summed E-state index contributed by atoms with van der Waals surface area (Å²) < 4.78 is 5.78. The van der Waals surface area contributed by atoms with Crippen LogP contribution in [-0.2, 0) is 9.53 Å². The van der Waals surface area contributed by atoms with Gasteiger partial charge in [-0.25, -0.2) is 0 Å².